The van der Waals surface area contributed by atoms with Crippen LogP contribution in [0.3, 0.4) is 0 Å². The number of carbonyl (C=O) groups excluding carboxylic acids is 2. The van der Waals surface area contributed by atoms with Crippen LogP contribution in [0.15, 0.2) is 30.5 Å². The third kappa shape index (κ3) is 4.57. The summed E-state index contributed by atoms with van der Waals surface area (Å²) < 4.78 is 1.34. The maximum atomic E-state index is 11.8. The monoisotopic (exact) mass is 307 g/mol. The number of rotatable bonds is 5. The van der Waals surface area contributed by atoms with Gasteiger partial charge in [0.1, 0.15) is 6.54 Å². The summed E-state index contributed by atoms with van der Waals surface area (Å²) in [6.07, 6.45) is 1.85. The minimum atomic E-state index is -0.254. The van der Waals surface area contributed by atoms with Crippen LogP contribution in [-0.2, 0) is 16.1 Å². The summed E-state index contributed by atoms with van der Waals surface area (Å²) in [7, 11) is 0. The van der Waals surface area contributed by atoms with Crippen molar-refractivity contribution in [1.29, 1.82) is 0 Å². The molecule has 110 valence electrons. The van der Waals surface area contributed by atoms with E-state index in [4.69, 9.17) is 11.6 Å². The Morgan fingerprint density at radius 2 is 1.90 bits per heavy atom. The molecule has 2 rings (SSSR count). The Bertz CT molecular complexity index is 638. The normalized spacial score (nSPS) is 10.2. The average Bonchev–Trinajstić information content (AvgIpc) is 2.88. The van der Waals surface area contributed by atoms with Gasteiger partial charge < -0.3 is 10.6 Å². The number of nitrogens with one attached hydrogen (secondary N) is 2. The van der Waals surface area contributed by atoms with E-state index in [1.807, 2.05) is 0 Å². The van der Waals surface area contributed by atoms with Gasteiger partial charge in [0.05, 0.1) is 6.20 Å². The van der Waals surface area contributed by atoms with Crippen molar-refractivity contribution < 1.29 is 9.59 Å². The fourth-order valence-electron chi connectivity index (χ4n) is 1.55. The van der Waals surface area contributed by atoms with Crippen LogP contribution in [0.4, 0.5) is 11.5 Å². The van der Waals surface area contributed by atoms with E-state index >= 15 is 0 Å². The molecular weight excluding hydrogens is 294 g/mol. The predicted octanol–water partition coefficient (Wildman–Crippen LogP) is 1.92. The van der Waals surface area contributed by atoms with E-state index in [1.165, 1.54) is 10.9 Å². The molecule has 0 radical (unpaired) electrons. The van der Waals surface area contributed by atoms with Gasteiger partial charge in [-0.05, 0) is 24.3 Å². The van der Waals surface area contributed by atoms with Crippen LogP contribution < -0.4 is 10.6 Å². The third-order valence-corrected chi connectivity index (χ3v) is 2.81. The van der Waals surface area contributed by atoms with E-state index in [-0.39, 0.29) is 18.4 Å². The summed E-state index contributed by atoms with van der Waals surface area (Å²) in [5, 5.41) is 13.4. The lowest BCUT2D eigenvalue weighted by molar-refractivity contribution is -0.117. The molecule has 2 amide bonds. The van der Waals surface area contributed by atoms with Gasteiger partial charge in [-0.3, -0.25) is 9.59 Å². The van der Waals surface area contributed by atoms with Crippen molar-refractivity contribution in [2.24, 2.45) is 0 Å². The van der Waals surface area contributed by atoms with Crippen molar-refractivity contribution in [3.05, 3.63) is 35.5 Å². The number of hydrogen-bond acceptors (Lipinski definition) is 4. The standard InChI is InChI=1S/C13H14ClN5O2/c1-2-12(20)16-11-7-19(18-17-11)8-13(21)15-10-5-3-9(14)4-6-10/h3-7H,2,8H2,1H3,(H,15,21)(H,16,20). The number of benzene rings is 1. The van der Waals surface area contributed by atoms with Gasteiger partial charge in [-0.2, -0.15) is 0 Å². The number of nitrogens with zero attached hydrogens (tertiary/aromatic N) is 3. The Morgan fingerprint density at radius 1 is 1.19 bits per heavy atom. The fourth-order valence-corrected chi connectivity index (χ4v) is 1.67. The molecule has 0 aliphatic carbocycles. The molecular formula is C13H14ClN5O2. The highest BCUT2D eigenvalue weighted by molar-refractivity contribution is 6.30. The fraction of sp³-hybridized carbons (Fsp3) is 0.231. The largest absolute Gasteiger partial charge is 0.324 e. The maximum absolute atomic E-state index is 11.8. The Hall–Kier alpha value is -2.41. The van der Waals surface area contributed by atoms with Crippen LogP contribution in [0.2, 0.25) is 5.02 Å². The van der Waals surface area contributed by atoms with Gasteiger partial charge >= 0.3 is 0 Å². The highest BCUT2D eigenvalue weighted by Crippen LogP contribution is 2.13. The summed E-state index contributed by atoms with van der Waals surface area (Å²) in [6, 6.07) is 6.78. The molecule has 1 heterocycles. The van der Waals surface area contributed by atoms with Gasteiger partial charge in [0.2, 0.25) is 11.8 Å². The van der Waals surface area contributed by atoms with E-state index in [0.29, 0.717) is 22.9 Å². The lowest BCUT2D eigenvalue weighted by atomic mass is 10.3. The molecule has 1 aromatic heterocycles. The van der Waals surface area contributed by atoms with Crippen LogP contribution >= 0.6 is 11.6 Å². The summed E-state index contributed by atoms with van der Waals surface area (Å²) in [6.45, 7) is 1.73. The number of amides is 2. The second kappa shape index (κ2) is 6.85. The Labute approximate surface area is 126 Å². The molecule has 0 fully saturated rings. The van der Waals surface area contributed by atoms with Crippen LogP contribution in [0.5, 0.6) is 0 Å². The topological polar surface area (TPSA) is 88.9 Å². The second-order valence-electron chi connectivity index (χ2n) is 4.26. The van der Waals surface area contributed by atoms with Crippen LogP contribution in [0, 0.1) is 0 Å². The van der Waals surface area contributed by atoms with Crippen LogP contribution in [-0.4, -0.2) is 26.8 Å². The maximum Gasteiger partial charge on any atom is 0.246 e. The van der Waals surface area contributed by atoms with E-state index in [1.54, 1.807) is 31.2 Å². The van der Waals surface area contributed by atoms with Gasteiger partial charge in [-0.1, -0.05) is 23.7 Å². The molecule has 2 aromatic rings. The lowest BCUT2D eigenvalue weighted by Gasteiger charge is -2.04. The number of aromatic nitrogens is 3. The van der Waals surface area contributed by atoms with E-state index < -0.39 is 0 Å². The molecule has 0 aliphatic rings. The zero-order chi connectivity index (χ0) is 15.2. The molecule has 0 bridgehead atoms. The smallest absolute Gasteiger partial charge is 0.246 e. The van der Waals surface area contributed by atoms with Crippen LogP contribution in [0.25, 0.3) is 0 Å². The molecule has 2 N–H and O–H groups in total. The third-order valence-electron chi connectivity index (χ3n) is 2.56. The highest BCUT2D eigenvalue weighted by Gasteiger charge is 2.08. The first-order valence-electron chi connectivity index (χ1n) is 6.32. The number of halogens is 1. The highest BCUT2D eigenvalue weighted by atomic mass is 35.5. The molecule has 1 aromatic carbocycles. The number of carbonyl (C=O) groups is 2. The summed E-state index contributed by atoms with van der Waals surface area (Å²) in [4.78, 5) is 23.0. The van der Waals surface area contributed by atoms with Gasteiger partial charge in [0.25, 0.3) is 0 Å². The zero-order valence-electron chi connectivity index (χ0n) is 11.3. The van der Waals surface area contributed by atoms with Gasteiger partial charge in [0.15, 0.2) is 5.82 Å². The summed E-state index contributed by atoms with van der Waals surface area (Å²) in [5.74, 6) is -0.0931. The number of hydrogen-bond donors (Lipinski definition) is 2. The SMILES string of the molecule is CCC(=O)Nc1cn(CC(=O)Nc2ccc(Cl)cc2)nn1. The Balaban J connectivity index is 1.90. The van der Waals surface area contributed by atoms with Crippen molar-refractivity contribution >= 4 is 34.9 Å². The van der Waals surface area contributed by atoms with Crippen molar-refractivity contribution in [1.82, 2.24) is 15.0 Å². The molecule has 0 atom stereocenters. The summed E-state index contributed by atoms with van der Waals surface area (Å²) in [5.41, 5.74) is 0.643. The minimum Gasteiger partial charge on any atom is -0.324 e. The number of anilines is 2. The van der Waals surface area contributed by atoms with Crippen molar-refractivity contribution in [3.63, 3.8) is 0 Å². The van der Waals surface area contributed by atoms with E-state index in [9.17, 15) is 9.59 Å². The predicted molar refractivity (Wildman–Crippen MR) is 79.0 cm³/mol. The Morgan fingerprint density at radius 3 is 2.57 bits per heavy atom. The van der Waals surface area contributed by atoms with E-state index in [2.05, 4.69) is 20.9 Å². The molecule has 0 saturated carbocycles. The van der Waals surface area contributed by atoms with Gasteiger partial charge in [-0.15, -0.1) is 5.10 Å². The molecule has 0 aliphatic heterocycles. The molecule has 21 heavy (non-hydrogen) atoms. The van der Waals surface area contributed by atoms with Gasteiger partial charge in [-0.25, -0.2) is 4.68 Å². The second-order valence-corrected chi connectivity index (χ2v) is 4.69. The lowest BCUT2D eigenvalue weighted by Crippen LogP contribution is -2.19. The van der Waals surface area contributed by atoms with Crippen molar-refractivity contribution in [2.45, 2.75) is 19.9 Å². The molecule has 0 saturated heterocycles. The van der Waals surface area contributed by atoms with Gasteiger partial charge in [0, 0.05) is 17.1 Å². The van der Waals surface area contributed by atoms with Crippen molar-refractivity contribution in [3.8, 4) is 0 Å². The first-order chi connectivity index (χ1) is 10.1. The quantitative estimate of drug-likeness (QED) is 0.883. The van der Waals surface area contributed by atoms with Crippen LogP contribution in [0.1, 0.15) is 13.3 Å². The molecule has 7 nitrogen and oxygen atoms in total. The molecule has 8 heteroatoms. The first kappa shape index (κ1) is 15.0. The summed E-state index contributed by atoms with van der Waals surface area (Å²) >= 11 is 5.76. The molecule has 0 unspecified atom stereocenters. The first-order valence-corrected chi connectivity index (χ1v) is 6.70. The Kier molecular flexibility index (Phi) is 4.89. The van der Waals surface area contributed by atoms with E-state index in [0.717, 1.165) is 0 Å². The van der Waals surface area contributed by atoms with Crippen molar-refractivity contribution in [2.75, 3.05) is 10.6 Å². The minimum absolute atomic E-state index is 0.00236. The average molecular weight is 308 g/mol. The zero-order valence-corrected chi connectivity index (χ0v) is 12.1. The molecule has 0 spiro atoms.